The molecule has 0 aliphatic carbocycles. The van der Waals surface area contributed by atoms with Crippen molar-refractivity contribution in [3.05, 3.63) is 41.7 Å². The zero-order valence-electron chi connectivity index (χ0n) is 14.7. The zero-order chi connectivity index (χ0) is 19.0. The Morgan fingerprint density at radius 1 is 0.960 bits per heavy atom. The Morgan fingerprint density at radius 3 is 1.72 bits per heavy atom. The number of allylic oxidation sites excluding steroid dienone is 1. The van der Waals surface area contributed by atoms with Gasteiger partial charge in [0.1, 0.15) is 0 Å². The molecule has 0 radical (unpaired) electrons. The van der Waals surface area contributed by atoms with Crippen LogP contribution in [0.25, 0.3) is 5.57 Å². The first-order chi connectivity index (χ1) is 11.9. The molecule has 8 heteroatoms. The minimum atomic E-state index is -0.772. The van der Waals surface area contributed by atoms with Gasteiger partial charge in [-0.3, -0.25) is 24.1 Å². The Balaban J connectivity index is 0.000000550. The molecule has 0 spiro atoms. The molecule has 2 rings (SSSR count). The fraction of sp³-hybridized carbons (Fsp3) is 0.353. The van der Waals surface area contributed by atoms with E-state index in [2.05, 4.69) is 0 Å². The van der Waals surface area contributed by atoms with Gasteiger partial charge < -0.3 is 5.11 Å². The van der Waals surface area contributed by atoms with E-state index in [1.54, 1.807) is 6.92 Å². The summed E-state index contributed by atoms with van der Waals surface area (Å²) in [6.45, 7) is 3.53. The van der Waals surface area contributed by atoms with E-state index in [4.69, 9.17) is 14.8 Å². The van der Waals surface area contributed by atoms with Crippen LogP contribution in [0.3, 0.4) is 0 Å². The van der Waals surface area contributed by atoms with Crippen LogP contribution in [-0.2, 0) is 24.1 Å². The second-order valence-electron chi connectivity index (χ2n) is 4.83. The number of carbonyl (C=O) groups excluding carboxylic acids is 2. The van der Waals surface area contributed by atoms with E-state index in [-0.39, 0.29) is 6.42 Å². The van der Waals surface area contributed by atoms with Gasteiger partial charge in [-0.25, -0.2) is 0 Å². The van der Waals surface area contributed by atoms with Crippen molar-refractivity contribution in [3.63, 3.8) is 0 Å². The van der Waals surface area contributed by atoms with Crippen molar-refractivity contribution in [1.82, 2.24) is 10.1 Å². The number of benzene rings is 1. The molecule has 8 nitrogen and oxygen atoms in total. The lowest BCUT2D eigenvalue weighted by Gasteiger charge is -2.21. The quantitative estimate of drug-likeness (QED) is 0.816. The Morgan fingerprint density at radius 2 is 1.40 bits per heavy atom. The van der Waals surface area contributed by atoms with Crippen LogP contribution in [0.15, 0.2) is 36.2 Å². The molecular weight excluding hydrogens is 328 g/mol. The molecule has 0 bridgehead atoms. The van der Waals surface area contributed by atoms with Crippen molar-refractivity contribution in [2.24, 2.45) is 0 Å². The highest BCUT2D eigenvalue weighted by atomic mass is 16.7. The third-order valence-corrected chi connectivity index (χ3v) is 3.35. The first kappa shape index (κ1) is 20.3. The van der Waals surface area contributed by atoms with Gasteiger partial charge in [0.25, 0.3) is 0 Å². The molecule has 25 heavy (non-hydrogen) atoms. The molecule has 1 aromatic carbocycles. The van der Waals surface area contributed by atoms with Gasteiger partial charge in [0.05, 0.1) is 14.2 Å². The van der Waals surface area contributed by atoms with E-state index >= 15 is 0 Å². The molecule has 1 saturated heterocycles. The minimum absolute atomic E-state index is 0.222. The van der Waals surface area contributed by atoms with Crippen molar-refractivity contribution in [2.75, 3.05) is 14.2 Å². The maximum absolute atomic E-state index is 11.9. The molecule has 1 heterocycles. The summed E-state index contributed by atoms with van der Waals surface area (Å²) >= 11 is 0. The summed E-state index contributed by atoms with van der Waals surface area (Å²) in [6, 6.07) is 9.48. The molecule has 1 fully saturated rings. The number of aliphatic carboxylic acids is 1. The van der Waals surface area contributed by atoms with E-state index in [0.717, 1.165) is 21.3 Å². The first-order valence-corrected chi connectivity index (χ1v) is 7.69. The molecule has 0 unspecified atom stereocenters. The predicted molar refractivity (Wildman–Crippen MR) is 89.3 cm³/mol. The summed E-state index contributed by atoms with van der Waals surface area (Å²) < 4.78 is 0. The van der Waals surface area contributed by atoms with Crippen LogP contribution in [0.4, 0.5) is 0 Å². The topological polar surface area (TPSA) is 96.4 Å². The summed E-state index contributed by atoms with van der Waals surface area (Å²) in [5, 5.41) is 9.63. The van der Waals surface area contributed by atoms with Crippen molar-refractivity contribution in [3.8, 4) is 0 Å². The molecule has 1 aromatic rings. The van der Waals surface area contributed by atoms with Crippen molar-refractivity contribution in [2.45, 2.75) is 26.7 Å². The molecule has 0 atom stereocenters. The summed E-state index contributed by atoms with van der Waals surface area (Å²) in [5.41, 5.74) is 1.69. The van der Waals surface area contributed by atoms with Gasteiger partial charge in [-0.15, -0.1) is 0 Å². The summed E-state index contributed by atoms with van der Waals surface area (Å²) in [5.74, 6) is -1.99. The molecular formula is C17H22N2O6. The Labute approximate surface area is 146 Å². The number of hydroxylamine groups is 4. The van der Waals surface area contributed by atoms with Crippen LogP contribution in [-0.4, -0.2) is 47.2 Å². The number of hydrogen-bond acceptors (Lipinski definition) is 5. The van der Waals surface area contributed by atoms with Crippen LogP contribution < -0.4 is 0 Å². The average molecular weight is 350 g/mol. The van der Waals surface area contributed by atoms with E-state index in [9.17, 15) is 14.4 Å². The van der Waals surface area contributed by atoms with Gasteiger partial charge in [0.15, 0.2) is 5.82 Å². The molecule has 1 aliphatic rings. The monoisotopic (exact) mass is 350 g/mol. The summed E-state index contributed by atoms with van der Waals surface area (Å²) in [6.07, 6.45) is 0.833. The average Bonchev–Trinajstić information content (AvgIpc) is 2.87. The fourth-order valence-corrected chi connectivity index (χ4v) is 2.16. The summed E-state index contributed by atoms with van der Waals surface area (Å²) in [7, 11) is 2.67. The van der Waals surface area contributed by atoms with Gasteiger partial charge in [0, 0.05) is 12.0 Å². The van der Waals surface area contributed by atoms with Crippen LogP contribution in [0, 0.1) is 0 Å². The van der Waals surface area contributed by atoms with Crippen LogP contribution in [0.1, 0.15) is 32.3 Å². The number of rotatable bonds is 5. The number of carboxylic acids is 1. The van der Waals surface area contributed by atoms with Crippen molar-refractivity contribution >= 4 is 23.4 Å². The van der Waals surface area contributed by atoms with Crippen LogP contribution >= 0.6 is 0 Å². The van der Waals surface area contributed by atoms with Crippen LogP contribution in [0.5, 0.6) is 0 Å². The van der Waals surface area contributed by atoms with Crippen molar-refractivity contribution in [1.29, 1.82) is 0 Å². The Hall–Kier alpha value is -2.71. The molecule has 0 aromatic heterocycles. The molecule has 0 saturated carbocycles. The fourth-order valence-electron chi connectivity index (χ4n) is 2.16. The van der Waals surface area contributed by atoms with Gasteiger partial charge >= 0.3 is 17.8 Å². The largest absolute Gasteiger partial charge is 0.481 e. The number of carboxylic acid groups (broad SMARTS) is 1. The highest BCUT2D eigenvalue weighted by Crippen LogP contribution is 2.31. The number of nitrogens with zero attached hydrogens (tertiary/aromatic N) is 2. The normalized spacial score (nSPS) is 13.7. The minimum Gasteiger partial charge on any atom is -0.481 e. The third kappa shape index (κ3) is 4.65. The zero-order valence-corrected chi connectivity index (χ0v) is 14.7. The third-order valence-electron chi connectivity index (χ3n) is 3.35. The number of carbonyl (C=O) groups is 3. The molecule has 1 aliphatic heterocycles. The maximum Gasteiger partial charge on any atom is 0.344 e. The lowest BCUT2D eigenvalue weighted by Crippen LogP contribution is -2.26. The Bertz CT molecular complexity index is 632. The van der Waals surface area contributed by atoms with E-state index in [0.29, 0.717) is 12.2 Å². The SMILES string of the molecule is CCC(=C1N(OC)C(=O)C(=O)N1OC)c1ccccc1.CCC(=O)O. The maximum atomic E-state index is 11.9. The Kier molecular flexibility index (Phi) is 7.77. The van der Waals surface area contributed by atoms with Gasteiger partial charge in [-0.05, 0) is 12.0 Å². The smallest absolute Gasteiger partial charge is 0.344 e. The second-order valence-corrected chi connectivity index (χ2v) is 4.83. The van der Waals surface area contributed by atoms with Gasteiger partial charge in [-0.2, -0.15) is 10.1 Å². The van der Waals surface area contributed by atoms with E-state index in [1.807, 2.05) is 37.3 Å². The first-order valence-electron chi connectivity index (χ1n) is 7.69. The molecule has 1 N–H and O–H groups in total. The molecule has 136 valence electrons. The predicted octanol–water partition coefficient (Wildman–Crippen LogP) is 2.04. The number of hydrogen-bond donors (Lipinski definition) is 1. The van der Waals surface area contributed by atoms with Crippen molar-refractivity contribution < 1.29 is 29.2 Å². The standard InChI is InChI=1S/C14H16N2O4.C3H6O2/c1-4-11(10-8-6-5-7-9-10)12-15(19-2)13(17)14(18)16(12)20-3;1-2-3(4)5/h5-9H,4H2,1-3H3;2H2,1H3,(H,4,5). The van der Waals surface area contributed by atoms with Crippen LogP contribution in [0.2, 0.25) is 0 Å². The summed E-state index contributed by atoms with van der Waals surface area (Å²) in [4.78, 5) is 43.1. The highest BCUT2D eigenvalue weighted by Gasteiger charge is 2.44. The van der Waals surface area contributed by atoms with E-state index < -0.39 is 17.8 Å². The second kappa shape index (κ2) is 9.55. The molecule has 2 amide bonds. The highest BCUT2D eigenvalue weighted by molar-refractivity contribution is 6.37. The number of amides is 2. The lowest BCUT2D eigenvalue weighted by molar-refractivity contribution is -0.164. The van der Waals surface area contributed by atoms with E-state index in [1.165, 1.54) is 14.2 Å². The van der Waals surface area contributed by atoms with Gasteiger partial charge in [-0.1, -0.05) is 44.2 Å². The lowest BCUT2D eigenvalue weighted by atomic mass is 10.0. The van der Waals surface area contributed by atoms with Gasteiger partial charge in [0.2, 0.25) is 0 Å².